The van der Waals surface area contributed by atoms with E-state index in [0.717, 1.165) is 15.7 Å². The first-order valence-electron chi connectivity index (χ1n) is 7.31. The van der Waals surface area contributed by atoms with Gasteiger partial charge in [-0.3, -0.25) is 4.79 Å². The van der Waals surface area contributed by atoms with E-state index in [9.17, 15) is 4.79 Å². The largest absolute Gasteiger partial charge is 0.476 e. The summed E-state index contributed by atoms with van der Waals surface area (Å²) in [6.45, 7) is 3.13. The molecule has 0 spiro atoms. The molecular formula is C14H19N5O2S. The molecule has 0 radical (unpaired) electrons. The average molecular weight is 321 g/mol. The van der Waals surface area contributed by atoms with E-state index in [-0.39, 0.29) is 12.3 Å². The molecule has 1 fully saturated rings. The fraction of sp³-hybridized carbons (Fsp3) is 0.571. The first-order chi connectivity index (χ1) is 10.6. The molecule has 1 aliphatic heterocycles. The average Bonchev–Trinajstić information content (AvgIpc) is 3.24. The summed E-state index contributed by atoms with van der Waals surface area (Å²) in [6.07, 6.45) is 4.51. The number of nitrogens with one attached hydrogen (secondary N) is 1. The van der Waals surface area contributed by atoms with Crippen LogP contribution in [0.5, 0.6) is 0 Å². The van der Waals surface area contributed by atoms with Gasteiger partial charge < -0.3 is 10.1 Å². The number of nitrogens with zero attached hydrogens (tertiary/aromatic N) is 4. The lowest BCUT2D eigenvalue weighted by molar-refractivity contribution is -0.129. The molecule has 2 heterocycles. The number of aryl methyl sites for hydroxylation is 1. The zero-order valence-electron chi connectivity index (χ0n) is 12.7. The molecule has 0 saturated heterocycles. The van der Waals surface area contributed by atoms with Crippen LogP contribution in [0.3, 0.4) is 0 Å². The van der Waals surface area contributed by atoms with Crippen molar-refractivity contribution in [1.82, 2.24) is 20.5 Å². The van der Waals surface area contributed by atoms with E-state index < -0.39 is 0 Å². The number of carbonyl (C=O) groups is 1. The minimum atomic E-state index is -0.0720. The summed E-state index contributed by atoms with van der Waals surface area (Å²) in [5, 5.41) is 18.6. The lowest BCUT2D eigenvalue weighted by atomic mass is 10.2. The Morgan fingerprint density at radius 2 is 2.27 bits per heavy atom. The zero-order chi connectivity index (χ0) is 15.5. The van der Waals surface area contributed by atoms with Crippen molar-refractivity contribution < 1.29 is 9.53 Å². The molecule has 2 aliphatic rings. The standard InChI is InChI=1S/C14H19N5O2S/c1-9-16-17-13(22-9)7-15-11-5-12(21-8-10-3-4-10)18-19(2)14(20)6-11/h5,10,15H,3-4,6-8H2,1-2H3. The van der Waals surface area contributed by atoms with Crippen LogP contribution in [0, 0.1) is 12.8 Å². The van der Waals surface area contributed by atoms with Crippen molar-refractivity contribution in [1.29, 1.82) is 0 Å². The van der Waals surface area contributed by atoms with E-state index in [2.05, 4.69) is 20.6 Å². The maximum absolute atomic E-state index is 12.0. The van der Waals surface area contributed by atoms with E-state index >= 15 is 0 Å². The Hall–Kier alpha value is -1.96. The first-order valence-corrected chi connectivity index (χ1v) is 8.13. The molecule has 1 saturated carbocycles. The third-order valence-corrected chi connectivity index (χ3v) is 4.29. The molecule has 1 aliphatic carbocycles. The van der Waals surface area contributed by atoms with Gasteiger partial charge in [-0.05, 0) is 25.7 Å². The molecule has 0 atom stereocenters. The van der Waals surface area contributed by atoms with Crippen molar-refractivity contribution in [2.75, 3.05) is 13.7 Å². The van der Waals surface area contributed by atoms with Crippen molar-refractivity contribution in [3.05, 3.63) is 21.8 Å². The molecule has 1 N–H and O–H groups in total. The fourth-order valence-electron chi connectivity index (χ4n) is 1.98. The molecule has 0 unspecified atom stereocenters. The van der Waals surface area contributed by atoms with Crippen LogP contribution in [-0.4, -0.2) is 40.7 Å². The van der Waals surface area contributed by atoms with Gasteiger partial charge in [-0.25, -0.2) is 5.01 Å². The number of hydrogen-bond donors (Lipinski definition) is 1. The van der Waals surface area contributed by atoms with Crippen LogP contribution in [0.1, 0.15) is 29.3 Å². The molecule has 1 aromatic rings. The Morgan fingerprint density at radius 1 is 1.45 bits per heavy atom. The van der Waals surface area contributed by atoms with Gasteiger partial charge in [0, 0.05) is 18.8 Å². The van der Waals surface area contributed by atoms with Gasteiger partial charge >= 0.3 is 0 Å². The Balaban J connectivity index is 1.64. The maximum Gasteiger partial charge on any atom is 0.248 e. The number of ether oxygens (including phenoxy) is 1. The second kappa shape index (κ2) is 6.43. The topological polar surface area (TPSA) is 79.7 Å². The number of hydrazone groups is 1. The summed E-state index contributed by atoms with van der Waals surface area (Å²) in [4.78, 5) is 12.0. The van der Waals surface area contributed by atoms with Gasteiger partial charge in [-0.1, -0.05) is 11.3 Å². The van der Waals surface area contributed by atoms with Gasteiger partial charge in [0.25, 0.3) is 0 Å². The minimum Gasteiger partial charge on any atom is -0.476 e. The second-order valence-electron chi connectivity index (χ2n) is 5.52. The van der Waals surface area contributed by atoms with Crippen molar-refractivity contribution in [3.8, 4) is 0 Å². The predicted molar refractivity (Wildman–Crippen MR) is 83.1 cm³/mol. The normalized spacial score (nSPS) is 18.6. The van der Waals surface area contributed by atoms with Crippen LogP contribution < -0.4 is 5.32 Å². The molecule has 0 bridgehead atoms. The number of amides is 1. The number of carbonyl (C=O) groups excluding carboxylic acids is 1. The van der Waals surface area contributed by atoms with Crippen LogP contribution in [0.25, 0.3) is 0 Å². The summed E-state index contributed by atoms with van der Waals surface area (Å²) in [5.74, 6) is 1.05. The predicted octanol–water partition coefficient (Wildman–Crippen LogP) is 1.42. The first kappa shape index (κ1) is 15.0. The number of aromatic nitrogens is 2. The lowest BCUT2D eigenvalue weighted by Gasteiger charge is -2.10. The van der Waals surface area contributed by atoms with Crippen molar-refractivity contribution in [3.63, 3.8) is 0 Å². The summed E-state index contributed by atoms with van der Waals surface area (Å²) in [6, 6.07) is 0. The van der Waals surface area contributed by atoms with Crippen molar-refractivity contribution in [2.24, 2.45) is 11.0 Å². The van der Waals surface area contributed by atoms with Crippen molar-refractivity contribution in [2.45, 2.75) is 32.7 Å². The lowest BCUT2D eigenvalue weighted by Crippen LogP contribution is -2.23. The Labute approximate surface area is 133 Å². The van der Waals surface area contributed by atoms with Crippen LogP contribution in [0.15, 0.2) is 16.9 Å². The Bertz CT molecular complexity index is 621. The van der Waals surface area contributed by atoms with Gasteiger partial charge in [0.1, 0.15) is 10.0 Å². The summed E-state index contributed by atoms with van der Waals surface area (Å²) in [7, 11) is 1.65. The Kier molecular flexibility index (Phi) is 4.37. The molecular weight excluding hydrogens is 302 g/mol. The van der Waals surface area contributed by atoms with Crippen LogP contribution in [0.4, 0.5) is 0 Å². The molecule has 118 valence electrons. The van der Waals surface area contributed by atoms with E-state index in [1.54, 1.807) is 13.1 Å². The molecule has 1 amide bonds. The van der Waals surface area contributed by atoms with Gasteiger partial charge in [-0.2, -0.15) is 0 Å². The molecule has 8 heteroatoms. The van der Waals surface area contributed by atoms with E-state index in [1.165, 1.54) is 29.2 Å². The van der Waals surface area contributed by atoms with Gasteiger partial charge in [0.05, 0.1) is 19.6 Å². The highest BCUT2D eigenvalue weighted by Gasteiger charge is 2.24. The fourth-order valence-corrected chi connectivity index (χ4v) is 2.63. The SMILES string of the molecule is Cc1nnc(CNC2=CC(OCC3CC3)=NN(C)C(=O)C2)s1. The highest BCUT2D eigenvalue weighted by atomic mass is 32.1. The third kappa shape index (κ3) is 4.03. The highest BCUT2D eigenvalue weighted by Crippen LogP contribution is 2.29. The zero-order valence-corrected chi connectivity index (χ0v) is 13.5. The number of hydrogen-bond acceptors (Lipinski definition) is 7. The van der Waals surface area contributed by atoms with Crippen LogP contribution in [0.2, 0.25) is 0 Å². The monoisotopic (exact) mass is 321 g/mol. The van der Waals surface area contributed by atoms with E-state index in [1.807, 2.05) is 6.92 Å². The van der Waals surface area contributed by atoms with Gasteiger partial charge in [0.2, 0.25) is 11.8 Å². The maximum atomic E-state index is 12.0. The summed E-state index contributed by atoms with van der Waals surface area (Å²) in [5.41, 5.74) is 0.789. The highest BCUT2D eigenvalue weighted by molar-refractivity contribution is 7.11. The smallest absolute Gasteiger partial charge is 0.248 e. The molecule has 1 aromatic heterocycles. The quantitative estimate of drug-likeness (QED) is 0.887. The van der Waals surface area contributed by atoms with E-state index in [4.69, 9.17) is 4.74 Å². The van der Waals surface area contributed by atoms with Crippen LogP contribution >= 0.6 is 11.3 Å². The van der Waals surface area contributed by atoms with Crippen LogP contribution in [-0.2, 0) is 16.1 Å². The molecule has 3 rings (SSSR count). The molecule has 0 aromatic carbocycles. The minimum absolute atomic E-state index is 0.0720. The van der Waals surface area contributed by atoms with Gasteiger partial charge in [0.15, 0.2) is 0 Å². The third-order valence-electron chi connectivity index (χ3n) is 3.45. The Morgan fingerprint density at radius 3 is 2.95 bits per heavy atom. The summed E-state index contributed by atoms with van der Waals surface area (Å²) >= 11 is 1.54. The van der Waals surface area contributed by atoms with E-state index in [0.29, 0.717) is 25.0 Å². The van der Waals surface area contributed by atoms with Crippen molar-refractivity contribution >= 4 is 23.1 Å². The molecule has 22 heavy (non-hydrogen) atoms. The summed E-state index contributed by atoms with van der Waals surface area (Å²) < 4.78 is 5.71. The number of rotatable bonds is 5. The second-order valence-corrected chi connectivity index (χ2v) is 6.79. The van der Waals surface area contributed by atoms with Gasteiger partial charge in [-0.15, -0.1) is 15.3 Å². The molecule has 7 nitrogen and oxygen atoms in total.